The Labute approximate surface area is 205 Å². The molecule has 0 N–H and O–H groups in total. The van der Waals surface area contributed by atoms with Gasteiger partial charge in [0.05, 0.1) is 22.3 Å². The SMILES string of the molecule is Fc1nc(F)c(F)c(C(F)(c2c(F)nnc(F)c2C(F)(c2c(F)c(F)nc(F)c2F)C(F)(F)F)C(F)(F)F)c1F. The molecule has 0 bridgehead atoms. The Bertz CT molecular complexity index is 1350. The van der Waals surface area contributed by atoms with Crippen molar-refractivity contribution in [3.63, 3.8) is 0 Å². The lowest BCUT2D eigenvalue weighted by atomic mass is 9.78. The normalized spacial score (nSPS) is 15.7. The lowest BCUT2D eigenvalue weighted by Gasteiger charge is -2.35. The highest BCUT2D eigenvalue weighted by Crippen LogP contribution is 2.57. The monoisotopic (exact) mass is 614 g/mol. The minimum Gasteiger partial charge on any atom is -0.223 e. The third kappa shape index (κ3) is 4.14. The molecule has 0 fully saturated rings. The van der Waals surface area contributed by atoms with Crippen LogP contribution in [0.5, 0.6) is 0 Å². The zero-order chi connectivity index (χ0) is 30.9. The molecule has 0 saturated heterocycles. The molecular formula is C18F18N4. The molecular weight excluding hydrogens is 614 g/mol. The maximum atomic E-state index is 15.8. The van der Waals surface area contributed by atoms with Crippen LogP contribution in [0.4, 0.5) is 79.0 Å². The topological polar surface area (TPSA) is 51.6 Å². The molecule has 0 saturated carbocycles. The van der Waals surface area contributed by atoms with E-state index in [0.29, 0.717) is 0 Å². The first-order chi connectivity index (χ1) is 18.0. The van der Waals surface area contributed by atoms with E-state index in [-0.39, 0.29) is 0 Å². The smallest absolute Gasteiger partial charge is 0.223 e. The summed E-state index contributed by atoms with van der Waals surface area (Å²) in [6.45, 7) is 0. The standard InChI is InChI=1S/C18F18N4/c19-5-3(6(20)12(26)37-11(5)25)15(29,17(31,32)33)1-2(10(24)40-39-9(1)23)16(30,18(34,35)36)4-7(21)13(27)38-14(28)8(4)22. The van der Waals surface area contributed by atoms with Crippen LogP contribution in [-0.2, 0) is 11.3 Å². The van der Waals surface area contributed by atoms with Crippen LogP contribution >= 0.6 is 0 Å². The predicted octanol–water partition coefficient (Wildman–Crippen LogP) is 6.21. The van der Waals surface area contributed by atoms with E-state index in [1.807, 2.05) is 0 Å². The van der Waals surface area contributed by atoms with Crippen molar-refractivity contribution in [1.82, 2.24) is 20.2 Å². The molecule has 0 aliphatic carbocycles. The lowest BCUT2D eigenvalue weighted by Crippen LogP contribution is -2.49. The molecule has 0 aliphatic heterocycles. The molecule has 3 aromatic heterocycles. The number of alkyl halides is 8. The van der Waals surface area contributed by atoms with E-state index in [9.17, 15) is 70.2 Å². The average molecular weight is 614 g/mol. The van der Waals surface area contributed by atoms with Gasteiger partial charge in [-0.2, -0.15) is 62.7 Å². The maximum Gasteiger partial charge on any atom is 0.431 e. The molecule has 0 amide bonds. The minimum atomic E-state index is -7.39. The van der Waals surface area contributed by atoms with E-state index in [1.54, 1.807) is 20.2 Å². The van der Waals surface area contributed by atoms with Crippen molar-refractivity contribution in [1.29, 1.82) is 0 Å². The highest BCUT2D eigenvalue weighted by Gasteiger charge is 2.71. The predicted molar refractivity (Wildman–Crippen MR) is 86.0 cm³/mol. The van der Waals surface area contributed by atoms with Crippen LogP contribution in [0.1, 0.15) is 22.3 Å². The van der Waals surface area contributed by atoms with Crippen molar-refractivity contribution in [3.8, 4) is 0 Å². The van der Waals surface area contributed by atoms with E-state index < -0.39 is 105 Å². The summed E-state index contributed by atoms with van der Waals surface area (Å²) in [6, 6.07) is 0. The minimum absolute atomic E-state index is 1.71. The summed E-state index contributed by atoms with van der Waals surface area (Å²) >= 11 is 0. The van der Waals surface area contributed by atoms with Crippen molar-refractivity contribution < 1.29 is 79.0 Å². The van der Waals surface area contributed by atoms with Gasteiger partial charge in [0, 0.05) is 0 Å². The Morgan fingerprint density at radius 2 is 0.550 bits per heavy atom. The first-order valence-corrected chi connectivity index (χ1v) is 9.19. The van der Waals surface area contributed by atoms with Gasteiger partial charge in [-0.1, -0.05) is 0 Å². The summed E-state index contributed by atoms with van der Waals surface area (Å²) < 4.78 is 256. The fraction of sp³-hybridized carbons (Fsp3) is 0.222. The number of hydrogen-bond acceptors (Lipinski definition) is 4. The highest BCUT2D eigenvalue weighted by molar-refractivity contribution is 5.50. The van der Waals surface area contributed by atoms with Crippen LogP contribution in [0.25, 0.3) is 0 Å². The van der Waals surface area contributed by atoms with Gasteiger partial charge in [-0.05, 0) is 0 Å². The Balaban J connectivity index is 2.75. The molecule has 0 radical (unpaired) electrons. The summed E-state index contributed by atoms with van der Waals surface area (Å²) in [5.74, 6) is -34.2. The Morgan fingerprint density at radius 3 is 0.750 bits per heavy atom. The number of aromatic nitrogens is 4. The van der Waals surface area contributed by atoms with E-state index in [4.69, 9.17) is 0 Å². The number of halogens is 18. The Hall–Kier alpha value is -3.88. The van der Waals surface area contributed by atoms with Gasteiger partial charge in [-0.25, -0.2) is 26.3 Å². The van der Waals surface area contributed by atoms with Gasteiger partial charge in [0.25, 0.3) is 35.1 Å². The summed E-state index contributed by atoms with van der Waals surface area (Å²) in [5.41, 5.74) is -29.4. The van der Waals surface area contributed by atoms with Crippen LogP contribution in [0.3, 0.4) is 0 Å². The molecule has 22 heteroatoms. The van der Waals surface area contributed by atoms with Crippen LogP contribution < -0.4 is 0 Å². The quantitative estimate of drug-likeness (QED) is 0.259. The number of pyridine rings is 2. The van der Waals surface area contributed by atoms with Crippen molar-refractivity contribution in [2.24, 2.45) is 0 Å². The molecule has 0 aromatic carbocycles. The third-order valence-corrected chi connectivity index (χ3v) is 5.04. The first-order valence-electron chi connectivity index (χ1n) is 9.19. The second-order valence-electron chi connectivity index (χ2n) is 7.24. The van der Waals surface area contributed by atoms with Gasteiger partial charge in [0.1, 0.15) is 0 Å². The summed E-state index contributed by atoms with van der Waals surface area (Å²) in [6.07, 6.45) is -14.8. The summed E-state index contributed by atoms with van der Waals surface area (Å²) in [7, 11) is 0. The first kappa shape index (κ1) is 30.7. The molecule has 3 aromatic rings. The molecule has 0 spiro atoms. The second kappa shape index (κ2) is 9.35. The van der Waals surface area contributed by atoms with Crippen molar-refractivity contribution in [3.05, 3.63) is 81.2 Å². The van der Waals surface area contributed by atoms with Crippen LogP contribution in [0, 0.1) is 59.0 Å². The van der Waals surface area contributed by atoms with E-state index in [2.05, 4.69) is 0 Å². The number of hydrogen-bond donors (Lipinski definition) is 0. The van der Waals surface area contributed by atoms with Gasteiger partial charge in [0.2, 0.25) is 11.9 Å². The van der Waals surface area contributed by atoms with Gasteiger partial charge in [-0.3, -0.25) is 0 Å². The largest absolute Gasteiger partial charge is 0.431 e. The van der Waals surface area contributed by atoms with Gasteiger partial charge in [0.15, 0.2) is 23.3 Å². The summed E-state index contributed by atoms with van der Waals surface area (Å²) in [4.78, 5) is 3.41. The van der Waals surface area contributed by atoms with Crippen LogP contribution in [0.2, 0.25) is 0 Å². The van der Waals surface area contributed by atoms with E-state index in [0.717, 1.165) is 0 Å². The molecule has 2 atom stereocenters. The fourth-order valence-corrected chi connectivity index (χ4v) is 3.42. The number of nitrogens with zero attached hydrogens (tertiary/aromatic N) is 4. The van der Waals surface area contributed by atoms with Crippen LogP contribution in [0.15, 0.2) is 0 Å². The molecule has 0 aliphatic rings. The third-order valence-electron chi connectivity index (χ3n) is 5.04. The Morgan fingerprint density at radius 1 is 0.325 bits per heavy atom. The van der Waals surface area contributed by atoms with Gasteiger partial charge >= 0.3 is 12.4 Å². The van der Waals surface area contributed by atoms with E-state index >= 15 is 8.78 Å². The highest BCUT2D eigenvalue weighted by atomic mass is 19.4. The summed E-state index contributed by atoms with van der Waals surface area (Å²) in [5, 5.41) is 3.51. The average Bonchev–Trinajstić information content (AvgIpc) is 2.81. The fourth-order valence-electron chi connectivity index (χ4n) is 3.42. The number of rotatable bonds is 4. The van der Waals surface area contributed by atoms with Crippen molar-refractivity contribution >= 4 is 0 Å². The molecule has 218 valence electrons. The van der Waals surface area contributed by atoms with Gasteiger partial charge < -0.3 is 0 Å². The zero-order valence-electron chi connectivity index (χ0n) is 17.6. The Kier molecular flexibility index (Phi) is 7.17. The van der Waals surface area contributed by atoms with Gasteiger partial charge in [-0.15, -0.1) is 10.2 Å². The van der Waals surface area contributed by atoms with Crippen LogP contribution in [-0.4, -0.2) is 32.5 Å². The van der Waals surface area contributed by atoms with E-state index in [1.165, 1.54) is 0 Å². The molecule has 4 nitrogen and oxygen atoms in total. The van der Waals surface area contributed by atoms with Crippen molar-refractivity contribution in [2.45, 2.75) is 23.7 Å². The molecule has 3 heterocycles. The molecule has 40 heavy (non-hydrogen) atoms. The zero-order valence-corrected chi connectivity index (χ0v) is 17.6. The molecule has 2 unspecified atom stereocenters. The second-order valence-corrected chi connectivity index (χ2v) is 7.24. The van der Waals surface area contributed by atoms with Crippen molar-refractivity contribution in [2.75, 3.05) is 0 Å². The molecule has 3 rings (SSSR count). The maximum absolute atomic E-state index is 15.8. The lowest BCUT2D eigenvalue weighted by molar-refractivity contribution is -0.233.